The molecule has 0 heterocycles. The summed E-state index contributed by atoms with van der Waals surface area (Å²) in [6, 6.07) is 0. The summed E-state index contributed by atoms with van der Waals surface area (Å²) in [5, 5.41) is 9.74. The molecule has 1 aliphatic rings. The van der Waals surface area contributed by atoms with E-state index >= 15 is 0 Å². The predicted molar refractivity (Wildman–Crippen MR) is 69.5 cm³/mol. The highest BCUT2D eigenvalue weighted by Gasteiger charge is 2.42. The van der Waals surface area contributed by atoms with Gasteiger partial charge in [-0.1, -0.05) is 0 Å². The van der Waals surface area contributed by atoms with Gasteiger partial charge in [0.2, 0.25) is 0 Å². The Kier molecular flexibility index (Phi) is 4.28. The Hall–Kier alpha value is -1.52. The number of carbonyl (C=O) groups is 2. The van der Waals surface area contributed by atoms with Crippen molar-refractivity contribution in [3.63, 3.8) is 0 Å². The zero-order valence-electron chi connectivity index (χ0n) is 12.2. The number of rotatable bonds is 2. The minimum absolute atomic E-state index is 0.00730. The van der Waals surface area contributed by atoms with Gasteiger partial charge in [-0.25, -0.2) is 4.79 Å². The molecule has 108 valence electrons. The predicted octanol–water partition coefficient (Wildman–Crippen LogP) is 2.50. The number of hydrogen-bond donors (Lipinski definition) is 1. The summed E-state index contributed by atoms with van der Waals surface area (Å²) in [5.74, 6) is -0.936. The van der Waals surface area contributed by atoms with Crippen LogP contribution in [0.15, 0.2) is 11.3 Å². The van der Waals surface area contributed by atoms with Crippen LogP contribution >= 0.6 is 0 Å². The van der Waals surface area contributed by atoms with E-state index in [2.05, 4.69) is 4.74 Å². The lowest BCUT2D eigenvalue weighted by Gasteiger charge is -2.34. The van der Waals surface area contributed by atoms with E-state index in [-0.39, 0.29) is 30.1 Å². The van der Waals surface area contributed by atoms with Gasteiger partial charge in [-0.3, -0.25) is 4.79 Å². The smallest absolute Gasteiger partial charge is 0.337 e. The van der Waals surface area contributed by atoms with E-state index in [0.29, 0.717) is 6.42 Å². The van der Waals surface area contributed by atoms with Crippen molar-refractivity contribution >= 4 is 11.9 Å². The average molecular weight is 270 g/mol. The number of carbonyl (C=O) groups excluding carboxylic acids is 2. The van der Waals surface area contributed by atoms with Crippen molar-refractivity contribution in [3.05, 3.63) is 11.3 Å². The van der Waals surface area contributed by atoms with Crippen LogP contribution < -0.4 is 0 Å². The van der Waals surface area contributed by atoms with Crippen LogP contribution in [-0.4, -0.2) is 29.8 Å². The molecule has 1 N–H and O–H groups in total. The van der Waals surface area contributed by atoms with Crippen molar-refractivity contribution in [2.24, 2.45) is 5.41 Å². The molecule has 5 heteroatoms. The number of ether oxygens (including phenoxy) is 2. The van der Waals surface area contributed by atoms with Gasteiger partial charge in [-0.15, -0.1) is 0 Å². The number of esters is 2. The van der Waals surface area contributed by atoms with E-state index in [9.17, 15) is 14.7 Å². The molecular formula is C14H22O5. The zero-order valence-corrected chi connectivity index (χ0v) is 12.2. The van der Waals surface area contributed by atoms with Crippen LogP contribution in [0.2, 0.25) is 0 Å². The SMILES string of the molecule is COC(=O)C1=C(O)CCC(C)(C(=O)OC(C)(C)C)C1. The van der Waals surface area contributed by atoms with E-state index in [1.807, 2.05) is 0 Å². The van der Waals surface area contributed by atoms with Crippen molar-refractivity contribution < 1.29 is 24.2 Å². The highest BCUT2D eigenvalue weighted by molar-refractivity contribution is 5.91. The van der Waals surface area contributed by atoms with Crippen molar-refractivity contribution in [1.29, 1.82) is 0 Å². The summed E-state index contributed by atoms with van der Waals surface area (Å²) in [7, 11) is 1.25. The summed E-state index contributed by atoms with van der Waals surface area (Å²) in [5.41, 5.74) is -1.21. The molecule has 0 aromatic rings. The molecule has 1 atom stereocenters. The highest BCUT2D eigenvalue weighted by Crippen LogP contribution is 2.40. The first-order chi connectivity index (χ1) is 8.59. The van der Waals surface area contributed by atoms with Crippen molar-refractivity contribution in [2.45, 2.75) is 52.6 Å². The molecule has 19 heavy (non-hydrogen) atoms. The monoisotopic (exact) mass is 270 g/mol. The molecule has 1 rings (SSSR count). The zero-order chi connectivity index (χ0) is 14.8. The van der Waals surface area contributed by atoms with Gasteiger partial charge in [0, 0.05) is 6.42 Å². The Morgan fingerprint density at radius 2 is 1.89 bits per heavy atom. The first-order valence-electron chi connectivity index (χ1n) is 6.32. The van der Waals surface area contributed by atoms with Crippen LogP contribution in [0.25, 0.3) is 0 Å². The number of aliphatic hydroxyl groups excluding tert-OH is 1. The van der Waals surface area contributed by atoms with Crippen molar-refractivity contribution in [1.82, 2.24) is 0 Å². The molecule has 0 bridgehead atoms. The molecule has 0 fully saturated rings. The van der Waals surface area contributed by atoms with Gasteiger partial charge in [-0.05, 0) is 40.5 Å². The first kappa shape index (κ1) is 15.5. The van der Waals surface area contributed by atoms with Crippen LogP contribution in [0.5, 0.6) is 0 Å². The van der Waals surface area contributed by atoms with Gasteiger partial charge in [-0.2, -0.15) is 0 Å². The fourth-order valence-electron chi connectivity index (χ4n) is 2.01. The number of methoxy groups -OCH3 is 1. The summed E-state index contributed by atoms with van der Waals surface area (Å²) < 4.78 is 10.0. The maximum atomic E-state index is 12.2. The van der Waals surface area contributed by atoms with E-state index < -0.39 is 17.0 Å². The molecule has 0 saturated carbocycles. The van der Waals surface area contributed by atoms with Crippen LogP contribution in [-0.2, 0) is 19.1 Å². The Balaban J connectivity index is 2.92. The Labute approximate surface area is 113 Å². The minimum Gasteiger partial charge on any atom is -0.512 e. The molecule has 0 aromatic carbocycles. The molecule has 0 aliphatic heterocycles. The molecular weight excluding hydrogens is 248 g/mol. The molecule has 5 nitrogen and oxygen atoms in total. The third kappa shape index (κ3) is 3.72. The van der Waals surface area contributed by atoms with Crippen molar-refractivity contribution in [2.75, 3.05) is 7.11 Å². The summed E-state index contributed by atoms with van der Waals surface area (Å²) in [6.45, 7) is 7.14. The fourth-order valence-corrected chi connectivity index (χ4v) is 2.01. The van der Waals surface area contributed by atoms with Crippen LogP contribution in [0.3, 0.4) is 0 Å². The van der Waals surface area contributed by atoms with Gasteiger partial charge >= 0.3 is 11.9 Å². The van der Waals surface area contributed by atoms with Crippen LogP contribution in [0.4, 0.5) is 0 Å². The van der Waals surface area contributed by atoms with Gasteiger partial charge < -0.3 is 14.6 Å². The van der Waals surface area contributed by atoms with E-state index in [1.165, 1.54) is 7.11 Å². The Morgan fingerprint density at radius 1 is 1.32 bits per heavy atom. The molecule has 0 spiro atoms. The highest BCUT2D eigenvalue weighted by atomic mass is 16.6. The Bertz CT molecular complexity index is 416. The van der Waals surface area contributed by atoms with Crippen LogP contribution in [0, 0.1) is 5.41 Å². The molecule has 1 unspecified atom stereocenters. The maximum absolute atomic E-state index is 12.2. The summed E-state index contributed by atoms with van der Waals surface area (Å²) in [4.78, 5) is 23.8. The van der Waals surface area contributed by atoms with Gasteiger partial charge in [0.15, 0.2) is 0 Å². The molecule has 0 saturated heterocycles. The standard InChI is InChI=1S/C14H22O5/c1-13(2,3)19-12(17)14(4)7-6-10(15)9(8-14)11(16)18-5/h15H,6-8H2,1-5H3. The molecule has 1 aliphatic carbocycles. The number of hydrogen-bond acceptors (Lipinski definition) is 5. The summed E-state index contributed by atoms with van der Waals surface area (Å²) >= 11 is 0. The average Bonchev–Trinajstić information content (AvgIpc) is 2.29. The Morgan fingerprint density at radius 3 is 2.37 bits per heavy atom. The quantitative estimate of drug-likeness (QED) is 0.780. The molecule has 0 amide bonds. The normalized spacial score (nSPS) is 24.1. The van der Waals surface area contributed by atoms with Gasteiger partial charge in [0.25, 0.3) is 0 Å². The van der Waals surface area contributed by atoms with Gasteiger partial charge in [0.1, 0.15) is 11.4 Å². The number of allylic oxidation sites excluding steroid dienone is 1. The fraction of sp³-hybridized carbons (Fsp3) is 0.714. The van der Waals surface area contributed by atoms with Crippen molar-refractivity contribution in [3.8, 4) is 0 Å². The second kappa shape index (κ2) is 5.23. The topological polar surface area (TPSA) is 72.8 Å². The lowest BCUT2D eigenvalue weighted by molar-refractivity contribution is -0.167. The molecule has 0 radical (unpaired) electrons. The summed E-state index contributed by atoms with van der Waals surface area (Å²) in [6.07, 6.45) is 0.870. The van der Waals surface area contributed by atoms with Crippen LogP contribution in [0.1, 0.15) is 47.0 Å². The third-order valence-corrected chi connectivity index (χ3v) is 3.15. The maximum Gasteiger partial charge on any atom is 0.337 e. The van der Waals surface area contributed by atoms with E-state index in [0.717, 1.165) is 0 Å². The number of aliphatic hydroxyl groups is 1. The second-order valence-electron chi connectivity index (χ2n) is 6.16. The van der Waals surface area contributed by atoms with E-state index in [1.54, 1.807) is 27.7 Å². The lowest BCUT2D eigenvalue weighted by Crippen LogP contribution is -2.38. The largest absolute Gasteiger partial charge is 0.512 e. The first-order valence-corrected chi connectivity index (χ1v) is 6.32. The second-order valence-corrected chi connectivity index (χ2v) is 6.16. The van der Waals surface area contributed by atoms with Gasteiger partial charge in [0.05, 0.1) is 18.1 Å². The van der Waals surface area contributed by atoms with E-state index in [4.69, 9.17) is 4.74 Å². The minimum atomic E-state index is -0.803. The third-order valence-electron chi connectivity index (χ3n) is 3.15. The molecule has 0 aromatic heterocycles. The lowest BCUT2D eigenvalue weighted by atomic mass is 9.74.